The third-order valence-corrected chi connectivity index (χ3v) is 4.44. The first kappa shape index (κ1) is 16.0. The first-order valence-corrected chi connectivity index (χ1v) is 7.63. The smallest absolute Gasteiger partial charge is 0.226 e. The van der Waals surface area contributed by atoms with Gasteiger partial charge in [-0.1, -0.05) is 37.3 Å². The quantitative estimate of drug-likeness (QED) is 0.869. The van der Waals surface area contributed by atoms with E-state index in [0.29, 0.717) is 6.42 Å². The molecule has 1 aliphatic rings. The SMILES string of the molecule is CC1OC(C)C(C(=O)N[C@@H](CO)Cc2ccccc2)C1C. The predicted molar refractivity (Wildman–Crippen MR) is 81.8 cm³/mol. The Bertz CT molecular complexity index is 462. The summed E-state index contributed by atoms with van der Waals surface area (Å²) in [5.41, 5.74) is 1.11. The molecule has 116 valence electrons. The lowest BCUT2D eigenvalue weighted by molar-refractivity contribution is -0.128. The van der Waals surface area contributed by atoms with Crippen LogP contribution >= 0.6 is 0 Å². The number of aliphatic hydroxyl groups is 1. The Morgan fingerprint density at radius 2 is 1.90 bits per heavy atom. The van der Waals surface area contributed by atoms with E-state index >= 15 is 0 Å². The molecule has 2 rings (SSSR count). The minimum Gasteiger partial charge on any atom is -0.394 e. The van der Waals surface area contributed by atoms with Gasteiger partial charge in [0.05, 0.1) is 30.8 Å². The Kier molecular flexibility index (Phi) is 5.37. The van der Waals surface area contributed by atoms with E-state index in [0.717, 1.165) is 5.56 Å². The minimum absolute atomic E-state index is 0.0191. The largest absolute Gasteiger partial charge is 0.394 e. The van der Waals surface area contributed by atoms with Gasteiger partial charge in [-0.2, -0.15) is 0 Å². The lowest BCUT2D eigenvalue weighted by atomic mass is 9.88. The Labute approximate surface area is 126 Å². The van der Waals surface area contributed by atoms with Gasteiger partial charge in [0.1, 0.15) is 0 Å². The third kappa shape index (κ3) is 3.83. The zero-order valence-electron chi connectivity index (χ0n) is 13.0. The van der Waals surface area contributed by atoms with Gasteiger partial charge < -0.3 is 15.2 Å². The maximum absolute atomic E-state index is 12.5. The molecule has 1 heterocycles. The molecule has 0 radical (unpaired) electrons. The van der Waals surface area contributed by atoms with Crippen LogP contribution in [-0.2, 0) is 16.0 Å². The van der Waals surface area contributed by atoms with Gasteiger partial charge in [-0.05, 0) is 31.7 Å². The van der Waals surface area contributed by atoms with E-state index in [1.807, 2.05) is 51.1 Å². The van der Waals surface area contributed by atoms with Gasteiger partial charge in [-0.3, -0.25) is 4.79 Å². The van der Waals surface area contributed by atoms with Crippen molar-refractivity contribution in [2.45, 2.75) is 45.4 Å². The monoisotopic (exact) mass is 291 g/mol. The standard InChI is InChI=1S/C17H25NO3/c1-11-12(2)21-13(3)16(11)17(20)18-15(10-19)9-14-7-5-4-6-8-14/h4-8,11-13,15-16,19H,9-10H2,1-3H3,(H,18,20)/t11?,12?,13?,15-,16?/m1/s1. The maximum atomic E-state index is 12.5. The maximum Gasteiger partial charge on any atom is 0.226 e. The summed E-state index contributed by atoms with van der Waals surface area (Å²) in [5.74, 6) is 0.0234. The lowest BCUT2D eigenvalue weighted by Gasteiger charge is -2.22. The van der Waals surface area contributed by atoms with Crippen molar-refractivity contribution in [1.29, 1.82) is 0 Å². The zero-order chi connectivity index (χ0) is 15.4. The average Bonchev–Trinajstić information content (AvgIpc) is 2.72. The van der Waals surface area contributed by atoms with Crippen LogP contribution < -0.4 is 5.32 Å². The molecule has 2 N–H and O–H groups in total. The molecular weight excluding hydrogens is 266 g/mol. The van der Waals surface area contributed by atoms with Gasteiger partial charge in [0.25, 0.3) is 0 Å². The van der Waals surface area contributed by atoms with Crippen molar-refractivity contribution in [2.75, 3.05) is 6.61 Å². The van der Waals surface area contributed by atoms with Gasteiger partial charge in [0, 0.05) is 0 Å². The molecule has 1 amide bonds. The van der Waals surface area contributed by atoms with Crippen LogP contribution in [0, 0.1) is 11.8 Å². The number of amides is 1. The van der Waals surface area contributed by atoms with Crippen molar-refractivity contribution in [3.8, 4) is 0 Å². The number of benzene rings is 1. The molecule has 0 bridgehead atoms. The van der Waals surface area contributed by atoms with Gasteiger partial charge in [0.2, 0.25) is 5.91 Å². The van der Waals surface area contributed by atoms with Crippen molar-refractivity contribution < 1.29 is 14.6 Å². The third-order valence-electron chi connectivity index (χ3n) is 4.44. The van der Waals surface area contributed by atoms with E-state index in [1.54, 1.807) is 0 Å². The fourth-order valence-corrected chi connectivity index (χ4v) is 3.08. The van der Waals surface area contributed by atoms with Crippen LogP contribution in [0.1, 0.15) is 26.3 Å². The molecule has 4 nitrogen and oxygen atoms in total. The van der Waals surface area contributed by atoms with Crippen molar-refractivity contribution in [2.24, 2.45) is 11.8 Å². The van der Waals surface area contributed by atoms with Crippen molar-refractivity contribution in [3.63, 3.8) is 0 Å². The molecule has 1 saturated heterocycles. The average molecular weight is 291 g/mol. The van der Waals surface area contributed by atoms with Crippen LogP contribution in [0.25, 0.3) is 0 Å². The summed E-state index contributed by atoms with van der Waals surface area (Å²) in [6, 6.07) is 9.62. The molecule has 1 fully saturated rings. The molecule has 1 aliphatic heterocycles. The molecular formula is C17H25NO3. The second kappa shape index (κ2) is 7.05. The van der Waals surface area contributed by atoms with E-state index in [9.17, 15) is 9.90 Å². The Morgan fingerprint density at radius 3 is 2.43 bits per heavy atom. The summed E-state index contributed by atoms with van der Waals surface area (Å²) in [7, 11) is 0. The molecule has 0 spiro atoms. The molecule has 0 aliphatic carbocycles. The summed E-state index contributed by atoms with van der Waals surface area (Å²) in [5, 5.41) is 12.5. The molecule has 1 aromatic rings. The first-order chi connectivity index (χ1) is 10.0. The van der Waals surface area contributed by atoms with Crippen molar-refractivity contribution in [1.82, 2.24) is 5.32 Å². The normalized spacial score (nSPS) is 30.1. The van der Waals surface area contributed by atoms with Crippen LogP contribution in [0.15, 0.2) is 30.3 Å². The van der Waals surface area contributed by atoms with E-state index in [-0.39, 0.29) is 42.6 Å². The van der Waals surface area contributed by atoms with E-state index in [4.69, 9.17) is 4.74 Å². The molecule has 1 aromatic carbocycles. The number of rotatable bonds is 5. The summed E-state index contributed by atoms with van der Waals surface area (Å²) >= 11 is 0. The summed E-state index contributed by atoms with van der Waals surface area (Å²) in [4.78, 5) is 12.5. The molecule has 4 heteroatoms. The zero-order valence-corrected chi connectivity index (χ0v) is 13.0. The number of carbonyl (C=O) groups excluding carboxylic acids is 1. The summed E-state index contributed by atoms with van der Waals surface area (Å²) < 4.78 is 5.72. The number of nitrogens with one attached hydrogen (secondary N) is 1. The molecule has 4 unspecified atom stereocenters. The topological polar surface area (TPSA) is 58.6 Å². The highest BCUT2D eigenvalue weighted by Gasteiger charge is 2.41. The predicted octanol–water partition coefficient (Wildman–Crippen LogP) is 1.77. The highest BCUT2D eigenvalue weighted by atomic mass is 16.5. The number of ether oxygens (including phenoxy) is 1. The first-order valence-electron chi connectivity index (χ1n) is 7.63. The highest BCUT2D eigenvalue weighted by Crippen LogP contribution is 2.32. The number of aliphatic hydroxyl groups excluding tert-OH is 1. The van der Waals surface area contributed by atoms with E-state index < -0.39 is 0 Å². The van der Waals surface area contributed by atoms with Crippen LogP contribution in [0.3, 0.4) is 0 Å². The number of hydrogen-bond acceptors (Lipinski definition) is 3. The molecule has 5 atom stereocenters. The van der Waals surface area contributed by atoms with Crippen LogP contribution in [0.4, 0.5) is 0 Å². The Balaban J connectivity index is 1.97. The fourth-order valence-electron chi connectivity index (χ4n) is 3.08. The van der Waals surface area contributed by atoms with Gasteiger partial charge >= 0.3 is 0 Å². The van der Waals surface area contributed by atoms with E-state index in [1.165, 1.54) is 0 Å². The summed E-state index contributed by atoms with van der Waals surface area (Å²) in [6.07, 6.45) is 0.651. The van der Waals surface area contributed by atoms with E-state index in [2.05, 4.69) is 5.32 Å². The van der Waals surface area contributed by atoms with Crippen LogP contribution in [0.5, 0.6) is 0 Å². The Hall–Kier alpha value is -1.39. The molecule has 0 aromatic heterocycles. The highest BCUT2D eigenvalue weighted by molar-refractivity contribution is 5.80. The number of carbonyl (C=O) groups is 1. The Morgan fingerprint density at radius 1 is 1.24 bits per heavy atom. The van der Waals surface area contributed by atoms with Crippen molar-refractivity contribution >= 4 is 5.91 Å². The van der Waals surface area contributed by atoms with Crippen LogP contribution in [0.2, 0.25) is 0 Å². The van der Waals surface area contributed by atoms with Gasteiger partial charge in [0.15, 0.2) is 0 Å². The second-order valence-electron chi connectivity index (χ2n) is 6.01. The lowest BCUT2D eigenvalue weighted by Crippen LogP contribution is -2.45. The second-order valence-corrected chi connectivity index (χ2v) is 6.01. The molecule has 21 heavy (non-hydrogen) atoms. The van der Waals surface area contributed by atoms with Gasteiger partial charge in [-0.15, -0.1) is 0 Å². The van der Waals surface area contributed by atoms with Crippen LogP contribution in [-0.4, -0.2) is 35.9 Å². The molecule has 0 saturated carbocycles. The number of hydrogen-bond donors (Lipinski definition) is 2. The van der Waals surface area contributed by atoms with Gasteiger partial charge in [-0.25, -0.2) is 0 Å². The minimum atomic E-state index is -0.254. The summed E-state index contributed by atoms with van der Waals surface area (Å²) in [6.45, 7) is 5.92. The fraction of sp³-hybridized carbons (Fsp3) is 0.588. The van der Waals surface area contributed by atoms with Crippen molar-refractivity contribution in [3.05, 3.63) is 35.9 Å².